The number of hydrazine groups is 1. The van der Waals surface area contributed by atoms with E-state index in [2.05, 4.69) is 10.4 Å². The number of nitrogens with zero attached hydrogens (tertiary/aromatic N) is 1. The second kappa shape index (κ2) is 6.55. The number of carbonyl (C=O) groups excluding carboxylic acids is 1. The van der Waals surface area contributed by atoms with Crippen LogP contribution in [0.25, 0.3) is 0 Å². The molecule has 0 aliphatic carbocycles. The van der Waals surface area contributed by atoms with Gasteiger partial charge in [-0.2, -0.15) is 0 Å². The molecule has 0 saturated heterocycles. The maximum atomic E-state index is 12.2. The van der Waals surface area contributed by atoms with Gasteiger partial charge in [0.2, 0.25) is 0 Å². The van der Waals surface area contributed by atoms with Crippen molar-refractivity contribution in [3.8, 4) is 0 Å². The number of nitrogens with one attached hydrogen (secondary N) is 2. The smallest absolute Gasteiger partial charge is 0.335 e. The highest BCUT2D eigenvalue weighted by Gasteiger charge is 2.20. The highest BCUT2D eigenvalue weighted by atomic mass is 32.2. The monoisotopic (exact) mass is 335 g/mol. The summed E-state index contributed by atoms with van der Waals surface area (Å²) in [5.41, 5.74) is 2.46. The lowest BCUT2D eigenvalue weighted by Gasteiger charge is -2.11. The van der Waals surface area contributed by atoms with Gasteiger partial charge in [-0.3, -0.25) is 15.2 Å². The van der Waals surface area contributed by atoms with E-state index >= 15 is 0 Å². The van der Waals surface area contributed by atoms with E-state index in [0.717, 1.165) is 6.07 Å². The Morgan fingerprint density at radius 2 is 1.74 bits per heavy atom. The molecule has 0 unspecified atom stereocenters. The van der Waals surface area contributed by atoms with E-state index in [4.69, 9.17) is 5.11 Å². The third kappa shape index (κ3) is 3.90. The number of aromatic carboxylic acids is 1. The Bertz CT molecular complexity index is 850. The summed E-state index contributed by atoms with van der Waals surface area (Å²) in [6, 6.07) is 6.54. The predicted molar refractivity (Wildman–Crippen MR) is 80.2 cm³/mol. The number of aromatic nitrogens is 1. The lowest BCUT2D eigenvalue weighted by Crippen LogP contribution is -2.41. The SMILES string of the molecule is Cc1ccc(C(=O)O)cc1S(=O)(=O)NNC(=O)c1ccncc1. The molecule has 1 aromatic heterocycles. The number of carboxylic acid groups (broad SMARTS) is 1. The molecule has 0 spiro atoms. The molecule has 0 atom stereocenters. The first kappa shape index (κ1) is 16.6. The van der Waals surface area contributed by atoms with Crippen molar-refractivity contribution in [1.82, 2.24) is 15.2 Å². The lowest BCUT2D eigenvalue weighted by atomic mass is 10.1. The van der Waals surface area contributed by atoms with Crippen LogP contribution >= 0.6 is 0 Å². The van der Waals surface area contributed by atoms with Crippen LogP contribution in [0.5, 0.6) is 0 Å². The molecule has 0 fully saturated rings. The maximum Gasteiger partial charge on any atom is 0.335 e. The number of hydrogen-bond acceptors (Lipinski definition) is 5. The maximum absolute atomic E-state index is 12.2. The summed E-state index contributed by atoms with van der Waals surface area (Å²) < 4.78 is 24.5. The first-order valence-corrected chi connectivity index (χ1v) is 7.86. The molecule has 3 N–H and O–H groups in total. The number of carboxylic acids is 1. The third-order valence-electron chi connectivity index (χ3n) is 2.97. The number of aryl methyl sites for hydroxylation is 1. The van der Waals surface area contributed by atoms with Crippen molar-refractivity contribution in [2.75, 3.05) is 0 Å². The minimum Gasteiger partial charge on any atom is -0.478 e. The molecule has 1 heterocycles. The Morgan fingerprint density at radius 1 is 1.09 bits per heavy atom. The van der Waals surface area contributed by atoms with Crippen molar-refractivity contribution in [2.45, 2.75) is 11.8 Å². The average molecular weight is 335 g/mol. The molecule has 0 aliphatic rings. The van der Waals surface area contributed by atoms with Crippen LogP contribution in [0.15, 0.2) is 47.6 Å². The molecule has 0 aliphatic heterocycles. The van der Waals surface area contributed by atoms with Gasteiger partial charge in [-0.25, -0.2) is 13.2 Å². The summed E-state index contributed by atoms with van der Waals surface area (Å²) >= 11 is 0. The van der Waals surface area contributed by atoms with Gasteiger partial charge in [-0.05, 0) is 36.8 Å². The second-order valence-electron chi connectivity index (χ2n) is 4.58. The number of hydrogen-bond donors (Lipinski definition) is 3. The van der Waals surface area contributed by atoms with E-state index in [-0.39, 0.29) is 16.0 Å². The van der Waals surface area contributed by atoms with Crippen LogP contribution in [0, 0.1) is 6.92 Å². The Labute approximate surface area is 132 Å². The Morgan fingerprint density at radius 3 is 2.35 bits per heavy atom. The largest absolute Gasteiger partial charge is 0.478 e. The molecule has 0 saturated carbocycles. The second-order valence-corrected chi connectivity index (χ2v) is 6.23. The van der Waals surface area contributed by atoms with Gasteiger partial charge in [0.25, 0.3) is 15.9 Å². The van der Waals surface area contributed by atoms with E-state index in [0.29, 0.717) is 5.56 Å². The molecule has 120 valence electrons. The molecule has 8 nitrogen and oxygen atoms in total. The van der Waals surface area contributed by atoms with Crippen molar-refractivity contribution in [1.29, 1.82) is 0 Å². The molecule has 9 heteroatoms. The molecular weight excluding hydrogens is 322 g/mol. The number of amides is 1. The van der Waals surface area contributed by atoms with Crippen LogP contribution < -0.4 is 10.3 Å². The van der Waals surface area contributed by atoms with E-state index in [1.54, 1.807) is 0 Å². The summed E-state index contributed by atoms with van der Waals surface area (Å²) in [4.78, 5) is 28.2. The van der Waals surface area contributed by atoms with Gasteiger partial charge in [0.05, 0.1) is 10.5 Å². The fourth-order valence-corrected chi connectivity index (χ4v) is 2.88. The van der Waals surface area contributed by atoms with Gasteiger partial charge < -0.3 is 5.11 Å². The Balaban J connectivity index is 2.21. The van der Waals surface area contributed by atoms with Gasteiger partial charge in [0.1, 0.15) is 0 Å². The van der Waals surface area contributed by atoms with Crippen LogP contribution in [0.4, 0.5) is 0 Å². The summed E-state index contributed by atoms with van der Waals surface area (Å²) in [5, 5.41) is 8.94. The van der Waals surface area contributed by atoms with Gasteiger partial charge in [-0.1, -0.05) is 6.07 Å². The number of pyridine rings is 1. The molecule has 1 aromatic carbocycles. The van der Waals surface area contributed by atoms with Crippen LogP contribution in [0.2, 0.25) is 0 Å². The minimum atomic E-state index is -4.11. The standard InChI is InChI=1S/C14H13N3O5S/c1-9-2-3-11(14(19)20)8-12(9)23(21,22)17-16-13(18)10-4-6-15-7-5-10/h2-8,17H,1H3,(H,16,18)(H,19,20). The molecule has 23 heavy (non-hydrogen) atoms. The zero-order chi connectivity index (χ0) is 17.0. The predicted octanol–water partition coefficient (Wildman–Crippen LogP) is 0.712. The van der Waals surface area contributed by atoms with Gasteiger partial charge in [-0.15, -0.1) is 4.83 Å². The highest BCUT2D eigenvalue weighted by Crippen LogP contribution is 2.16. The van der Waals surface area contributed by atoms with E-state index in [1.807, 2.05) is 4.83 Å². The average Bonchev–Trinajstić information content (AvgIpc) is 2.53. The summed E-state index contributed by atoms with van der Waals surface area (Å²) in [5.74, 6) is -1.91. The quantitative estimate of drug-likeness (QED) is 0.691. The van der Waals surface area contributed by atoms with E-state index in [1.165, 1.54) is 43.6 Å². The molecule has 1 amide bonds. The molecule has 2 aromatic rings. The first-order valence-electron chi connectivity index (χ1n) is 6.37. The van der Waals surface area contributed by atoms with Crippen LogP contribution in [0.3, 0.4) is 0 Å². The Kier molecular flexibility index (Phi) is 4.72. The molecule has 0 radical (unpaired) electrons. The Hall–Kier alpha value is -2.78. The topological polar surface area (TPSA) is 125 Å². The van der Waals surface area contributed by atoms with Crippen molar-refractivity contribution in [3.05, 3.63) is 59.4 Å². The molecular formula is C14H13N3O5S. The number of benzene rings is 1. The highest BCUT2D eigenvalue weighted by molar-refractivity contribution is 7.89. The fraction of sp³-hybridized carbons (Fsp3) is 0.0714. The fourth-order valence-electron chi connectivity index (χ4n) is 1.77. The van der Waals surface area contributed by atoms with Crippen molar-refractivity contribution in [2.24, 2.45) is 0 Å². The molecule has 0 bridgehead atoms. The van der Waals surface area contributed by atoms with E-state index in [9.17, 15) is 18.0 Å². The van der Waals surface area contributed by atoms with Crippen LogP contribution in [-0.2, 0) is 10.0 Å². The number of carbonyl (C=O) groups is 2. The van der Waals surface area contributed by atoms with Crippen molar-refractivity contribution < 1.29 is 23.1 Å². The zero-order valence-electron chi connectivity index (χ0n) is 12.0. The van der Waals surface area contributed by atoms with Crippen molar-refractivity contribution in [3.63, 3.8) is 0 Å². The van der Waals surface area contributed by atoms with E-state index < -0.39 is 21.9 Å². The summed E-state index contributed by atoms with van der Waals surface area (Å²) in [6.07, 6.45) is 2.79. The van der Waals surface area contributed by atoms with Gasteiger partial charge >= 0.3 is 5.97 Å². The first-order chi connectivity index (χ1) is 10.8. The van der Waals surface area contributed by atoms with Crippen LogP contribution in [-0.4, -0.2) is 30.4 Å². The van der Waals surface area contributed by atoms with Gasteiger partial charge in [0, 0.05) is 18.0 Å². The van der Waals surface area contributed by atoms with Crippen molar-refractivity contribution >= 4 is 21.9 Å². The minimum absolute atomic E-state index is 0.170. The van der Waals surface area contributed by atoms with Gasteiger partial charge in [0.15, 0.2) is 0 Å². The number of rotatable bonds is 5. The van der Waals surface area contributed by atoms with Crippen LogP contribution in [0.1, 0.15) is 26.3 Å². The summed E-state index contributed by atoms with van der Waals surface area (Å²) in [7, 11) is -4.11. The number of sulfonamides is 1. The zero-order valence-corrected chi connectivity index (χ0v) is 12.8. The third-order valence-corrected chi connectivity index (χ3v) is 4.36. The molecule has 2 rings (SSSR count). The lowest BCUT2D eigenvalue weighted by molar-refractivity contribution is 0.0696. The summed E-state index contributed by atoms with van der Waals surface area (Å²) in [6.45, 7) is 1.52. The normalized spacial score (nSPS) is 11.0.